The second-order valence-corrected chi connectivity index (χ2v) is 7.31. The molecule has 0 radical (unpaired) electrons. The number of hydrogen-bond acceptors (Lipinski definition) is 4. The number of nitrogens with zero attached hydrogens (tertiary/aromatic N) is 1. The fourth-order valence-corrected chi connectivity index (χ4v) is 3.66. The summed E-state index contributed by atoms with van der Waals surface area (Å²) in [5.74, 6) is 0.0185. The summed E-state index contributed by atoms with van der Waals surface area (Å²) in [6.07, 6.45) is 2.66. The topological polar surface area (TPSA) is 60.5 Å². The third-order valence-corrected chi connectivity index (χ3v) is 5.40. The van der Waals surface area contributed by atoms with Crippen LogP contribution in [0.3, 0.4) is 0 Å². The van der Waals surface area contributed by atoms with Crippen molar-refractivity contribution in [1.82, 2.24) is 4.98 Å². The molecule has 1 N–H and O–H groups in total. The number of hydrogen-bond donors (Lipinski definition) is 1. The average molecular weight is 406 g/mol. The lowest BCUT2D eigenvalue weighted by molar-refractivity contribution is -0.125. The molecule has 0 saturated carbocycles. The van der Waals surface area contributed by atoms with Crippen LogP contribution in [0.5, 0.6) is 5.88 Å². The Morgan fingerprint density at radius 1 is 1.03 bits per heavy atom. The summed E-state index contributed by atoms with van der Waals surface area (Å²) in [6, 6.07) is 19.5. The normalized spacial score (nSPS) is 15.4. The molecular weight excluding hydrogens is 383 g/mol. The van der Waals surface area contributed by atoms with E-state index < -0.39 is 5.41 Å². The second kappa shape index (κ2) is 9.05. The molecule has 154 valence electrons. The van der Waals surface area contributed by atoms with Gasteiger partial charge in [0.25, 0.3) is 0 Å². The highest BCUT2D eigenvalue weighted by atomic mass is 19.1. The zero-order valence-corrected chi connectivity index (χ0v) is 16.5. The Morgan fingerprint density at radius 2 is 1.77 bits per heavy atom. The van der Waals surface area contributed by atoms with Crippen LogP contribution in [0.1, 0.15) is 24.0 Å². The number of benzene rings is 2. The molecule has 0 unspecified atom stereocenters. The Hall–Kier alpha value is -3.25. The third-order valence-electron chi connectivity index (χ3n) is 5.40. The lowest BCUT2D eigenvalue weighted by Crippen LogP contribution is -2.44. The van der Waals surface area contributed by atoms with Crippen molar-refractivity contribution >= 4 is 11.6 Å². The number of halogens is 1. The Morgan fingerprint density at radius 3 is 2.43 bits per heavy atom. The smallest absolute Gasteiger partial charge is 0.235 e. The third kappa shape index (κ3) is 4.49. The quantitative estimate of drug-likeness (QED) is 0.655. The van der Waals surface area contributed by atoms with Gasteiger partial charge in [-0.25, -0.2) is 9.37 Å². The maximum Gasteiger partial charge on any atom is 0.235 e. The highest BCUT2D eigenvalue weighted by Gasteiger charge is 2.41. The average Bonchev–Trinajstić information content (AvgIpc) is 2.80. The first-order valence-corrected chi connectivity index (χ1v) is 9.94. The fraction of sp³-hybridized carbons (Fsp3) is 0.250. The Kier molecular flexibility index (Phi) is 6.05. The molecular formula is C24H23FN2O3. The second-order valence-electron chi connectivity index (χ2n) is 7.31. The Balaban J connectivity index is 1.45. The van der Waals surface area contributed by atoms with Crippen molar-refractivity contribution in [1.29, 1.82) is 0 Å². The number of rotatable bonds is 6. The van der Waals surface area contributed by atoms with E-state index >= 15 is 0 Å². The largest absolute Gasteiger partial charge is 0.473 e. The van der Waals surface area contributed by atoms with Crippen molar-refractivity contribution < 1.29 is 18.7 Å². The van der Waals surface area contributed by atoms with E-state index in [2.05, 4.69) is 10.3 Å². The predicted octanol–water partition coefficient (Wildman–Crippen LogP) is 4.49. The van der Waals surface area contributed by atoms with Crippen LogP contribution >= 0.6 is 0 Å². The number of nitrogens with one attached hydrogen (secondary N) is 1. The monoisotopic (exact) mass is 406 g/mol. The first-order valence-electron chi connectivity index (χ1n) is 9.94. The van der Waals surface area contributed by atoms with E-state index in [1.807, 2.05) is 30.3 Å². The minimum absolute atomic E-state index is 0.142. The molecule has 0 bridgehead atoms. The molecule has 3 aromatic rings. The van der Waals surface area contributed by atoms with Gasteiger partial charge in [0.15, 0.2) is 0 Å². The van der Waals surface area contributed by atoms with Gasteiger partial charge in [0.1, 0.15) is 12.4 Å². The number of pyridine rings is 1. The molecule has 1 aromatic heterocycles. The Labute approximate surface area is 174 Å². The maximum atomic E-state index is 13.4. The molecule has 0 spiro atoms. The van der Waals surface area contributed by atoms with Crippen LogP contribution in [0.25, 0.3) is 0 Å². The summed E-state index contributed by atoms with van der Waals surface area (Å²) in [7, 11) is 0. The summed E-state index contributed by atoms with van der Waals surface area (Å²) in [5, 5.41) is 2.96. The minimum atomic E-state index is -0.756. The van der Waals surface area contributed by atoms with Crippen LogP contribution < -0.4 is 10.1 Å². The molecule has 1 aliphatic heterocycles. The van der Waals surface area contributed by atoms with Crippen LogP contribution in [-0.2, 0) is 21.6 Å². The van der Waals surface area contributed by atoms with Crippen LogP contribution in [0.15, 0.2) is 72.9 Å². The van der Waals surface area contributed by atoms with E-state index in [4.69, 9.17) is 9.47 Å². The molecule has 6 heteroatoms. The van der Waals surface area contributed by atoms with E-state index in [1.165, 1.54) is 12.1 Å². The summed E-state index contributed by atoms with van der Waals surface area (Å²) in [5.41, 5.74) is 1.67. The number of anilines is 1. The van der Waals surface area contributed by atoms with Crippen molar-refractivity contribution in [3.05, 3.63) is 89.9 Å². The van der Waals surface area contributed by atoms with Gasteiger partial charge >= 0.3 is 0 Å². The number of ether oxygens (including phenoxy) is 2. The van der Waals surface area contributed by atoms with E-state index in [9.17, 15) is 9.18 Å². The SMILES string of the molecule is O=C(Nc1ccc(OCc2ccccc2)nc1)C1(c2ccc(F)cc2)CCOCC1. The summed E-state index contributed by atoms with van der Waals surface area (Å²) < 4.78 is 24.5. The van der Waals surface area contributed by atoms with Gasteiger partial charge in [-0.3, -0.25) is 4.79 Å². The minimum Gasteiger partial charge on any atom is -0.473 e. The van der Waals surface area contributed by atoms with Gasteiger partial charge in [0.05, 0.1) is 17.3 Å². The first kappa shape index (κ1) is 20.0. The number of carbonyl (C=O) groups excluding carboxylic acids is 1. The van der Waals surface area contributed by atoms with Crippen LogP contribution in [0, 0.1) is 5.82 Å². The molecule has 0 atom stereocenters. The predicted molar refractivity (Wildman–Crippen MR) is 112 cm³/mol. The molecule has 0 aliphatic carbocycles. The summed E-state index contributed by atoms with van der Waals surface area (Å²) in [4.78, 5) is 17.5. The van der Waals surface area contributed by atoms with E-state index in [1.54, 1.807) is 30.5 Å². The molecule has 2 heterocycles. The van der Waals surface area contributed by atoms with Gasteiger partial charge < -0.3 is 14.8 Å². The molecule has 1 saturated heterocycles. The lowest BCUT2D eigenvalue weighted by Gasteiger charge is -2.36. The summed E-state index contributed by atoms with van der Waals surface area (Å²) >= 11 is 0. The van der Waals surface area contributed by atoms with Gasteiger partial charge in [-0.15, -0.1) is 0 Å². The van der Waals surface area contributed by atoms with Gasteiger partial charge in [-0.05, 0) is 42.2 Å². The number of aromatic nitrogens is 1. The van der Waals surface area contributed by atoms with E-state index in [-0.39, 0.29) is 11.7 Å². The zero-order chi connectivity index (χ0) is 20.8. The number of carbonyl (C=O) groups is 1. The van der Waals surface area contributed by atoms with Crippen molar-refractivity contribution in [2.45, 2.75) is 24.9 Å². The fourth-order valence-electron chi connectivity index (χ4n) is 3.66. The van der Waals surface area contributed by atoms with Crippen LogP contribution in [0.2, 0.25) is 0 Å². The van der Waals surface area contributed by atoms with Gasteiger partial charge in [0, 0.05) is 19.3 Å². The molecule has 1 aliphatic rings. The van der Waals surface area contributed by atoms with Crippen molar-refractivity contribution in [2.24, 2.45) is 0 Å². The van der Waals surface area contributed by atoms with Gasteiger partial charge in [-0.1, -0.05) is 42.5 Å². The van der Waals surface area contributed by atoms with E-state index in [0.717, 1.165) is 11.1 Å². The standard InChI is InChI=1S/C24H23FN2O3/c25-20-8-6-19(7-9-20)24(12-14-29-15-13-24)23(28)27-21-10-11-22(26-16-21)30-17-18-4-2-1-3-5-18/h1-11,16H,12-15,17H2,(H,27,28). The van der Waals surface area contributed by atoms with Crippen LogP contribution in [-0.4, -0.2) is 24.1 Å². The highest BCUT2D eigenvalue weighted by Crippen LogP contribution is 2.36. The molecule has 1 amide bonds. The van der Waals surface area contributed by atoms with Crippen LogP contribution in [0.4, 0.5) is 10.1 Å². The highest BCUT2D eigenvalue weighted by molar-refractivity contribution is 5.99. The molecule has 4 rings (SSSR count). The maximum absolute atomic E-state index is 13.4. The summed E-state index contributed by atoms with van der Waals surface area (Å²) in [6.45, 7) is 1.39. The molecule has 2 aromatic carbocycles. The first-order chi connectivity index (χ1) is 14.7. The van der Waals surface area contributed by atoms with Crippen molar-refractivity contribution in [2.75, 3.05) is 18.5 Å². The van der Waals surface area contributed by atoms with Crippen molar-refractivity contribution in [3.63, 3.8) is 0 Å². The van der Waals surface area contributed by atoms with Gasteiger partial charge in [-0.2, -0.15) is 0 Å². The van der Waals surface area contributed by atoms with E-state index in [0.29, 0.717) is 44.2 Å². The zero-order valence-electron chi connectivity index (χ0n) is 16.5. The van der Waals surface area contributed by atoms with Crippen molar-refractivity contribution in [3.8, 4) is 5.88 Å². The number of amides is 1. The molecule has 30 heavy (non-hydrogen) atoms. The van der Waals surface area contributed by atoms with Gasteiger partial charge in [0.2, 0.25) is 11.8 Å². The molecule has 1 fully saturated rings. The Bertz CT molecular complexity index is 970. The lowest BCUT2D eigenvalue weighted by atomic mass is 9.73. The molecule has 5 nitrogen and oxygen atoms in total.